The third-order valence-corrected chi connectivity index (χ3v) is 4.92. The van der Waals surface area contributed by atoms with Crippen LogP contribution < -0.4 is 5.73 Å². The molecule has 2 N–H and O–H groups in total. The fraction of sp³-hybridized carbons (Fsp3) is 0.400. The summed E-state index contributed by atoms with van der Waals surface area (Å²) in [6, 6.07) is 0.0275. The van der Waals surface area contributed by atoms with Crippen molar-refractivity contribution >= 4 is 39.8 Å². The standard InChI is InChI=1S/C15H18IN5O2/c1-3-11(22)21-7-9(6-10(21)8-23-2)15-19-13(16)12-14(17)18-4-5-20(12)15/h3-5,9-10H,1,6-8H2,2H3,(H2,17,18)/t9?,10-/m1/s1. The van der Waals surface area contributed by atoms with Crippen molar-refractivity contribution in [2.45, 2.75) is 18.4 Å². The Kier molecular flexibility index (Phi) is 4.53. The Labute approximate surface area is 147 Å². The molecule has 1 aliphatic heterocycles. The zero-order chi connectivity index (χ0) is 16.6. The molecule has 0 bridgehead atoms. The second kappa shape index (κ2) is 6.44. The van der Waals surface area contributed by atoms with Gasteiger partial charge < -0.3 is 15.4 Å². The molecule has 0 radical (unpaired) electrons. The lowest BCUT2D eigenvalue weighted by molar-refractivity contribution is -0.127. The zero-order valence-electron chi connectivity index (χ0n) is 12.8. The average Bonchev–Trinajstić information content (AvgIpc) is 3.09. The van der Waals surface area contributed by atoms with Gasteiger partial charge in [0, 0.05) is 32.0 Å². The van der Waals surface area contributed by atoms with Crippen LogP contribution in [0.2, 0.25) is 0 Å². The molecule has 1 fully saturated rings. The first-order valence-electron chi connectivity index (χ1n) is 7.26. The van der Waals surface area contributed by atoms with Gasteiger partial charge in [0.1, 0.15) is 15.0 Å². The first-order chi connectivity index (χ1) is 11.1. The molecule has 0 aliphatic carbocycles. The quantitative estimate of drug-likeness (QED) is 0.590. The molecule has 2 atom stereocenters. The van der Waals surface area contributed by atoms with E-state index < -0.39 is 0 Å². The van der Waals surface area contributed by atoms with Gasteiger partial charge in [-0.05, 0) is 35.1 Å². The second-order valence-electron chi connectivity index (χ2n) is 5.53. The number of nitrogen functional groups attached to an aromatic ring is 1. The maximum atomic E-state index is 12.1. The van der Waals surface area contributed by atoms with Crippen LogP contribution >= 0.6 is 22.6 Å². The number of anilines is 1. The SMILES string of the molecule is C=CC(=O)N1CC(c2nc(I)c3c(N)nccn23)C[C@@H]1COC. The minimum atomic E-state index is -0.0775. The van der Waals surface area contributed by atoms with E-state index >= 15 is 0 Å². The highest BCUT2D eigenvalue weighted by Crippen LogP contribution is 2.33. The lowest BCUT2D eigenvalue weighted by atomic mass is 10.1. The molecule has 1 amide bonds. The number of amides is 1. The number of hydrogen-bond acceptors (Lipinski definition) is 5. The Bertz CT molecular complexity index is 760. The Balaban J connectivity index is 1.98. The number of likely N-dealkylation sites (tertiary alicyclic amines) is 1. The number of rotatable bonds is 4. The third-order valence-electron chi connectivity index (χ3n) is 4.16. The molecule has 1 aliphatic rings. The van der Waals surface area contributed by atoms with Gasteiger partial charge in [0.25, 0.3) is 0 Å². The van der Waals surface area contributed by atoms with E-state index in [1.807, 2.05) is 10.6 Å². The number of halogens is 1. The maximum Gasteiger partial charge on any atom is 0.246 e. The lowest BCUT2D eigenvalue weighted by Crippen LogP contribution is -2.37. The Morgan fingerprint density at radius 3 is 3.13 bits per heavy atom. The highest BCUT2D eigenvalue weighted by Gasteiger charge is 2.37. The molecule has 7 nitrogen and oxygen atoms in total. The molecule has 122 valence electrons. The lowest BCUT2D eigenvalue weighted by Gasteiger charge is -2.22. The Morgan fingerprint density at radius 2 is 2.43 bits per heavy atom. The van der Waals surface area contributed by atoms with Crippen LogP contribution in [0, 0.1) is 3.70 Å². The van der Waals surface area contributed by atoms with Crippen LogP contribution in [0.1, 0.15) is 18.2 Å². The monoisotopic (exact) mass is 427 g/mol. The number of nitrogens with zero attached hydrogens (tertiary/aromatic N) is 4. The van der Waals surface area contributed by atoms with Gasteiger partial charge in [0.2, 0.25) is 5.91 Å². The van der Waals surface area contributed by atoms with Gasteiger partial charge in [0.15, 0.2) is 5.82 Å². The summed E-state index contributed by atoms with van der Waals surface area (Å²) in [6.45, 7) is 4.68. The molecule has 1 saturated heterocycles. The Morgan fingerprint density at radius 1 is 1.65 bits per heavy atom. The van der Waals surface area contributed by atoms with E-state index in [1.165, 1.54) is 6.08 Å². The normalized spacial score (nSPS) is 21.0. The summed E-state index contributed by atoms with van der Waals surface area (Å²) in [4.78, 5) is 22.7. The van der Waals surface area contributed by atoms with Crippen molar-refractivity contribution in [3.8, 4) is 0 Å². The van der Waals surface area contributed by atoms with Crippen LogP contribution in [0.5, 0.6) is 0 Å². The fourth-order valence-corrected chi connectivity index (χ4v) is 3.96. The van der Waals surface area contributed by atoms with Gasteiger partial charge in [-0.15, -0.1) is 0 Å². The molecule has 0 spiro atoms. The second-order valence-corrected chi connectivity index (χ2v) is 6.55. The number of carbonyl (C=O) groups excluding carboxylic acids is 1. The van der Waals surface area contributed by atoms with Gasteiger partial charge in [-0.3, -0.25) is 9.20 Å². The summed E-state index contributed by atoms with van der Waals surface area (Å²) >= 11 is 2.17. The summed E-state index contributed by atoms with van der Waals surface area (Å²) in [5.41, 5.74) is 6.79. The van der Waals surface area contributed by atoms with Crippen LogP contribution in [0.3, 0.4) is 0 Å². The smallest absolute Gasteiger partial charge is 0.246 e. The zero-order valence-corrected chi connectivity index (χ0v) is 14.9. The van der Waals surface area contributed by atoms with E-state index in [4.69, 9.17) is 10.5 Å². The molecule has 3 heterocycles. The fourth-order valence-electron chi connectivity index (χ4n) is 3.17. The largest absolute Gasteiger partial charge is 0.383 e. The van der Waals surface area contributed by atoms with Crippen molar-refractivity contribution in [1.29, 1.82) is 0 Å². The number of aromatic nitrogens is 3. The molecule has 0 saturated carbocycles. The van der Waals surface area contributed by atoms with E-state index in [2.05, 4.69) is 39.1 Å². The summed E-state index contributed by atoms with van der Waals surface area (Å²) in [6.07, 6.45) is 5.67. The van der Waals surface area contributed by atoms with Gasteiger partial charge in [-0.2, -0.15) is 0 Å². The number of nitrogens with two attached hydrogens (primary N) is 1. The molecular formula is C15H18IN5O2. The molecule has 2 aromatic heterocycles. The molecule has 2 aromatic rings. The molecule has 23 heavy (non-hydrogen) atoms. The van der Waals surface area contributed by atoms with Crippen LogP contribution in [0.4, 0.5) is 5.82 Å². The number of methoxy groups -OCH3 is 1. The van der Waals surface area contributed by atoms with Crippen molar-refractivity contribution < 1.29 is 9.53 Å². The van der Waals surface area contributed by atoms with E-state index in [1.54, 1.807) is 18.2 Å². The molecule has 3 rings (SSSR count). The first kappa shape index (κ1) is 16.2. The number of hydrogen-bond donors (Lipinski definition) is 1. The van der Waals surface area contributed by atoms with Crippen molar-refractivity contribution in [2.24, 2.45) is 0 Å². The molecule has 8 heteroatoms. The van der Waals surface area contributed by atoms with Gasteiger partial charge in [0.05, 0.1) is 12.6 Å². The van der Waals surface area contributed by atoms with E-state index in [9.17, 15) is 4.79 Å². The molecule has 0 aromatic carbocycles. The predicted molar refractivity (Wildman–Crippen MR) is 95.0 cm³/mol. The highest BCUT2D eigenvalue weighted by molar-refractivity contribution is 14.1. The van der Waals surface area contributed by atoms with E-state index in [-0.39, 0.29) is 17.9 Å². The molecular weight excluding hydrogens is 409 g/mol. The van der Waals surface area contributed by atoms with Gasteiger partial charge in [-0.25, -0.2) is 9.97 Å². The van der Waals surface area contributed by atoms with Crippen molar-refractivity contribution in [3.05, 3.63) is 34.6 Å². The van der Waals surface area contributed by atoms with Crippen LogP contribution in [-0.2, 0) is 9.53 Å². The van der Waals surface area contributed by atoms with Crippen LogP contribution in [-0.4, -0.2) is 51.5 Å². The number of carbonyl (C=O) groups is 1. The van der Waals surface area contributed by atoms with Crippen molar-refractivity contribution in [1.82, 2.24) is 19.3 Å². The van der Waals surface area contributed by atoms with Crippen molar-refractivity contribution in [2.75, 3.05) is 26.0 Å². The van der Waals surface area contributed by atoms with E-state index in [0.29, 0.717) is 19.0 Å². The van der Waals surface area contributed by atoms with Crippen LogP contribution in [0.25, 0.3) is 5.52 Å². The predicted octanol–water partition coefficient (Wildman–Crippen LogP) is 1.43. The number of imidazole rings is 1. The third kappa shape index (κ3) is 2.80. The maximum absolute atomic E-state index is 12.1. The summed E-state index contributed by atoms with van der Waals surface area (Å²) in [5, 5.41) is 0. The summed E-state index contributed by atoms with van der Waals surface area (Å²) in [7, 11) is 1.64. The van der Waals surface area contributed by atoms with Gasteiger partial charge >= 0.3 is 0 Å². The number of fused-ring (bicyclic) bond motifs is 1. The van der Waals surface area contributed by atoms with Crippen molar-refractivity contribution in [3.63, 3.8) is 0 Å². The van der Waals surface area contributed by atoms with Crippen LogP contribution in [0.15, 0.2) is 25.0 Å². The Hall–Kier alpha value is -1.68. The summed E-state index contributed by atoms with van der Waals surface area (Å²) < 4.78 is 8.05. The minimum Gasteiger partial charge on any atom is -0.383 e. The average molecular weight is 427 g/mol. The molecule has 1 unspecified atom stereocenters. The first-order valence-corrected chi connectivity index (χ1v) is 8.34. The van der Waals surface area contributed by atoms with E-state index in [0.717, 1.165) is 21.5 Å². The summed E-state index contributed by atoms with van der Waals surface area (Å²) in [5.74, 6) is 1.41. The topological polar surface area (TPSA) is 85.8 Å². The highest BCUT2D eigenvalue weighted by atomic mass is 127. The minimum absolute atomic E-state index is 0.0275. The van der Waals surface area contributed by atoms with Gasteiger partial charge in [-0.1, -0.05) is 6.58 Å². The number of ether oxygens (including phenoxy) is 1.